The van der Waals surface area contributed by atoms with E-state index in [0.717, 1.165) is 6.42 Å². The zero-order chi connectivity index (χ0) is 14.9. The Morgan fingerprint density at radius 3 is 2.70 bits per heavy atom. The first-order chi connectivity index (χ1) is 9.45. The highest BCUT2D eigenvalue weighted by Gasteiger charge is 2.19. The summed E-state index contributed by atoms with van der Waals surface area (Å²) < 4.78 is 15.5. The number of halogens is 3. The highest BCUT2D eigenvalue weighted by molar-refractivity contribution is 9.10. The van der Waals surface area contributed by atoms with Crippen molar-refractivity contribution >= 4 is 33.5 Å². The number of hydrogen-bond acceptors (Lipinski definition) is 1. The zero-order valence-electron chi connectivity index (χ0n) is 10.7. The van der Waals surface area contributed by atoms with Gasteiger partial charge < -0.3 is 9.67 Å². The van der Waals surface area contributed by atoms with E-state index >= 15 is 0 Å². The molecule has 3 nitrogen and oxygen atoms in total. The van der Waals surface area contributed by atoms with E-state index in [9.17, 15) is 14.3 Å². The van der Waals surface area contributed by atoms with Crippen LogP contribution in [0.3, 0.4) is 0 Å². The molecule has 0 radical (unpaired) electrons. The van der Waals surface area contributed by atoms with Crippen LogP contribution in [0.25, 0.3) is 11.3 Å². The van der Waals surface area contributed by atoms with E-state index in [-0.39, 0.29) is 10.7 Å². The number of rotatable bonds is 4. The van der Waals surface area contributed by atoms with Crippen LogP contribution >= 0.6 is 27.5 Å². The number of hydrogen-bond donors (Lipinski definition) is 1. The highest BCUT2D eigenvalue weighted by atomic mass is 79.9. The molecule has 0 aliphatic carbocycles. The molecule has 106 valence electrons. The van der Waals surface area contributed by atoms with E-state index in [2.05, 4.69) is 15.9 Å². The molecule has 0 fully saturated rings. The summed E-state index contributed by atoms with van der Waals surface area (Å²) in [4.78, 5) is 11.2. The molecule has 1 N–H and O–H groups in total. The predicted molar refractivity (Wildman–Crippen MR) is 79.8 cm³/mol. The van der Waals surface area contributed by atoms with E-state index < -0.39 is 11.8 Å². The molecule has 1 aromatic carbocycles. The molecular formula is C14H12BrClFNO2. The predicted octanol–water partition coefficient (Wildman–Crippen LogP) is 4.82. The topological polar surface area (TPSA) is 42.2 Å². The lowest BCUT2D eigenvalue weighted by molar-refractivity contribution is 0.0685. The Balaban J connectivity index is 2.67. The second kappa shape index (κ2) is 5.97. The van der Waals surface area contributed by atoms with Gasteiger partial charge in [-0.25, -0.2) is 9.18 Å². The third-order valence-electron chi connectivity index (χ3n) is 2.91. The first-order valence-corrected chi connectivity index (χ1v) is 7.20. The van der Waals surface area contributed by atoms with Crippen LogP contribution < -0.4 is 0 Å². The Kier molecular flexibility index (Phi) is 4.50. The van der Waals surface area contributed by atoms with Gasteiger partial charge in [0.25, 0.3) is 0 Å². The maximum absolute atomic E-state index is 13.3. The monoisotopic (exact) mass is 359 g/mol. The summed E-state index contributed by atoms with van der Waals surface area (Å²) in [5, 5.41) is 9.45. The van der Waals surface area contributed by atoms with Crippen molar-refractivity contribution in [2.45, 2.75) is 19.9 Å². The van der Waals surface area contributed by atoms with Crippen molar-refractivity contribution in [3.05, 3.63) is 45.3 Å². The number of carbonyl (C=O) groups is 1. The van der Waals surface area contributed by atoms with Gasteiger partial charge in [-0.3, -0.25) is 0 Å². The van der Waals surface area contributed by atoms with Crippen LogP contribution in [-0.2, 0) is 6.54 Å². The Labute approximate surface area is 129 Å². The largest absolute Gasteiger partial charge is 0.477 e. The van der Waals surface area contributed by atoms with E-state index in [4.69, 9.17) is 11.6 Å². The smallest absolute Gasteiger partial charge is 0.352 e. The lowest BCUT2D eigenvalue weighted by atomic mass is 10.1. The average Bonchev–Trinajstić information content (AvgIpc) is 2.72. The van der Waals surface area contributed by atoms with Crippen molar-refractivity contribution in [2.24, 2.45) is 0 Å². The van der Waals surface area contributed by atoms with Crippen molar-refractivity contribution in [1.82, 2.24) is 4.57 Å². The van der Waals surface area contributed by atoms with Crippen molar-refractivity contribution in [3.63, 3.8) is 0 Å². The Bertz CT molecular complexity index is 646. The second-order valence-corrected chi connectivity index (χ2v) is 5.57. The van der Waals surface area contributed by atoms with Gasteiger partial charge in [0, 0.05) is 16.6 Å². The third-order valence-corrected chi connectivity index (χ3v) is 3.83. The van der Waals surface area contributed by atoms with Gasteiger partial charge in [0.1, 0.15) is 11.5 Å². The van der Waals surface area contributed by atoms with Gasteiger partial charge in [-0.2, -0.15) is 0 Å². The number of benzene rings is 1. The van der Waals surface area contributed by atoms with Gasteiger partial charge in [0.05, 0.1) is 10.7 Å². The third kappa shape index (κ3) is 2.74. The maximum atomic E-state index is 13.3. The first kappa shape index (κ1) is 15.1. The van der Waals surface area contributed by atoms with E-state index in [1.807, 2.05) is 6.92 Å². The molecule has 1 heterocycles. The van der Waals surface area contributed by atoms with Gasteiger partial charge in [0.15, 0.2) is 0 Å². The van der Waals surface area contributed by atoms with Gasteiger partial charge in [-0.15, -0.1) is 0 Å². The lowest BCUT2D eigenvalue weighted by Gasteiger charge is -2.13. The molecule has 20 heavy (non-hydrogen) atoms. The molecule has 0 unspecified atom stereocenters. The van der Waals surface area contributed by atoms with Gasteiger partial charge in [-0.05, 0) is 46.6 Å². The molecular weight excluding hydrogens is 349 g/mol. The minimum Gasteiger partial charge on any atom is -0.477 e. The van der Waals surface area contributed by atoms with E-state index in [1.54, 1.807) is 10.6 Å². The van der Waals surface area contributed by atoms with Crippen LogP contribution in [0.15, 0.2) is 28.7 Å². The molecule has 1 aromatic heterocycles. The van der Waals surface area contributed by atoms with Gasteiger partial charge in [-0.1, -0.05) is 18.5 Å². The Hall–Kier alpha value is -1.33. The molecule has 6 heteroatoms. The fourth-order valence-electron chi connectivity index (χ4n) is 2.12. The molecule has 0 aliphatic rings. The summed E-state index contributed by atoms with van der Waals surface area (Å²) in [6.07, 6.45) is 0.776. The van der Waals surface area contributed by atoms with Gasteiger partial charge in [0.2, 0.25) is 0 Å². The molecule has 0 atom stereocenters. The van der Waals surface area contributed by atoms with Crippen LogP contribution in [-0.4, -0.2) is 15.6 Å². The van der Waals surface area contributed by atoms with Crippen LogP contribution in [0, 0.1) is 5.82 Å². The summed E-state index contributed by atoms with van der Waals surface area (Å²) in [5.41, 5.74) is 1.43. The summed E-state index contributed by atoms with van der Waals surface area (Å²) in [5.74, 6) is -1.45. The number of carboxylic acid groups (broad SMARTS) is 1. The highest BCUT2D eigenvalue weighted by Crippen LogP contribution is 2.37. The molecule has 2 rings (SSSR count). The Morgan fingerprint density at radius 1 is 1.45 bits per heavy atom. The summed E-state index contributed by atoms with van der Waals surface area (Å²) in [6, 6.07) is 5.73. The Morgan fingerprint density at radius 2 is 2.15 bits per heavy atom. The van der Waals surface area contributed by atoms with Crippen LogP contribution in [0.5, 0.6) is 0 Å². The fourth-order valence-corrected chi connectivity index (χ4v) is 3.18. The van der Waals surface area contributed by atoms with Crippen molar-refractivity contribution < 1.29 is 14.3 Å². The van der Waals surface area contributed by atoms with Gasteiger partial charge >= 0.3 is 5.97 Å². The minimum atomic E-state index is -1.00. The van der Waals surface area contributed by atoms with Crippen LogP contribution in [0.4, 0.5) is 4.39 Å². The fraction of sp³-hybridized carbons (Fsp3) is 0.214. The molecule has 0 aliphatic heterocycles. The average molecular weight is 361 g/mol. The molecule has 2 aromatic rings. The van der Waals surface area contributed by atoms with E-state index in [1.165, 1.54) is 18.2 Å². The van der Waals surface area contributed by atoms with Crippen molar-refractivity contribution in [3.8, 4) is 11.3 Å². The maximum Gasteiger partial charge on any atom is 0.352 e. The number of aromatic carboxylic acids is 1. The summed E-state index contributed by atoms with van der Waals surface area (Å²) in [7, 11) is 0. The number of aromatic nitrogens is 1. The molecule has 0 saturated carbocycles. The quantitative estimate of drug-likeness (QED) is 0.849. The number of nitrogens with zero attached hydrogens (tertiary/aromatic N) is 1. The van der Waals surface area contributed by atoms with Crippen LogP contribution in [0.1, 0.15) is 23.8 Å². The summed E-state index contributed by atoms with van der Waals surface area (Å²) in [6.45, 7) is 2.50. The normalized spacial score (nSPS) is 10.8. The SMILES string of the molecule is CCCn1c(C(=O)O)ccc1-c1c(Cl)cc(F)cc1Br. The van der Waals surface area contributed by atoms with E-state index in [0.29, 0.717) is 22.3 Å². The standard InChI is InChI=1S/C14H12BrClFNO2/c1-2-5-18-11(3-4-12(18)14(19)20)13-9(15)6-8(17)7-10(13)16/h3-4,6-7H,2,5H2,1H3,(H,19,20). The second-order valence-electron chi connectivity index (χ2n) is 4.31. The first-order valence-electron chi connectivity index (χ1n) is 6.03. The molecule has 0 amide bonds. The zero-order valence-corrected chi connectivity index (χ0v) is 13.0. The lowest BCUT2D eigenvalue weighted by Crippen LogP contribution is -2.09. The summed E-state index contributed by atoms with van der Waals surface area (Å²) >= 11 is 9.38. The minimum absolute atomic E-state index is 0.189. The van der Waals surface area contributed by atoms with Crippen molar-refractivity contribution in [2.75, 3.05) is 0 Å². The molecule has 0 spiro atoms. The molecule has 0 bridgehead atoms. The molecule has 0 saturated heterocycles. The van der Waals surface area contributed by atoms with Crippen molar-refractivity contribution in [1.29, 1.82) is 0 Å². The van der Waals surface area contributed by atoms with Crippen LogP contribution in [0.2, 0.25) is 5.02 Å². The number of carboxylic acids is 1.